The van der Waals surface area contributed by atoms with Crippen molar-refractivity contribution in [3.05, 3.63) is 0 Å². The molecule has 0 radical (unpaired) electrons. The molecule has 0 N–H and O–H groups in total. The first-order valence-corrected chi connectivity index (χ1v) is 5.12. The molecule has 0 aliphatic heterocycles. The molecule has 0 aliphatic rings. The van der Waals surface area contributed by atoms with Crippen LogP contribution in [0.2, 0.25) is 0 Å². The normalized spacial score (nSPS) is 9.50. The Kier molecular flexibility index (Phi) is 4.63. The van der Waals surface area contributed by atoms with Crippen molar-refractivity contribution in [2.45, 2.75) is 6.92 Å². The molecule has 0 aromatic heterocycles. The predicted octanol–water partition coefficient (Wildman–Crippen LogP) is 2.93. The smallest absolute Gasteiger partial charge is 0.357 e. The summed E-state index contributed by atoms with van der Waals surface area (Å²) in [5, 5.41) is 0. The summed E-state index contributed by atoms with van der Waals surface area (Å²) in [6.45, 7) is 0.445. The van der Waals surface area contributed by atoms with E-state index in [1.165, 1.54) is 0 Å². The number of halogens is 2. The first-order chi connectivity index (χ1) is 3.68. The van der Waals surface area contributed by atoms with Crippen molar-refractivity contribution in [3.63, 3.8) is 0 Å². The Bertz CT molecular complexity index is 85.4. The summed E-state index contributed by atoms with van der Waals surface area (Å²) in [6.07, 6.45) is 0. The summed E-state index contributed by atoms with van der Waals surface area (Å²) in [4.78, 5) is 10.3. The fourth-order valence-electron chi connectivity index (χ4n) is 0.172. The Morgan fingerprint density at radius 3 is 2.38 bits per heavy atom. The molecule has 0 aromatic carbocycles. The second-order valence-corrected chi connectivity index (χ2v) is 4.31. The minimum atomic E-state index is -1.58. The van der Waals surface area contributed by atoms with Gasteiger partial charge in [0, 0.05) is 0 Å². The molecule has 2 nitrogen and oxygen atoms in total. The largest absolute Gasteiger partial charge is 0.461 e. The van der Waals surface area contributed by atoms with Crippen LogP contribution in [0, 0.1) is 0 Å². The topological polar surface area (TPSA) is 26.3 Å². The van der Waals surface area contributed by atoms with Crippen LogP contribution in [-0.4, -0.2) is 12.3 Å². The zero-order valence-corrected chi connectivity index (χ0v) is 6.63. The minimum Gasteiger partial charge on any atom is -0.461 e. The molecule has 0 fully saturated rings. The second-order valence-electron chi connectivity index (χ2n) is 0.932. The standard InChI is InChI=1S/C3H5Cl2O2P/c1-2-7-3(6)8(4)5/h2H2,1H3. The van der Waals surface area contributed by atoms with E-state index >= 15 is 0 Å². The second kappa shape index (κ2) is 4.37. The third-order valence-electron chi connectivity index (χ3n) is 0.406. The highest BCUT2D eigenvalue weighted by molar-refractivity contribution is 8.14. The fraction of sp³-hybridized carbons (Fsp3) is 0.667. The predicted molar refractivity (Wildman–Crippen MR) is 35.6 cm³/mol. The molecule has 5 heteroatoms. The molecule has 0 aliphatic carbocycles. The molecule has 0 saturated carbocycles. The summed E-state index contributed by atoms with van der Waals surface area (Å²) in [6, 6.07) is 0. The summed E-state index contributed by atoms with van der Waals surface area (Å²) >= 11 is 10.3. The van der Waals surface area contributed by atoms with Crippen LogP contribution in [0.3, 0.4) is 0 Å². The zero-order chi connectivity index (χ0) is 6.57. The van der Waals surface area contributed by atoms with Crippen molar-refractivity contribution in [2.75, 3.05) is 6.61 Å². The number of carbonyl (C=O) groups is 1. The van der Waals surface area contributed by atoms with Crippen LogP contribution in [-0.2, 0) is 4.74 Å². The van der Waals surface area contributed by atoms with Gasteiger partial charge in [0.05, 0.1) is 6.61 Å². The highest BCUT2D eigenvalue weighted by Crippen LogP contribution is 2.48. The molecule has 0 saturated heterocycles. The minimum absolute atomic E-state index is 0.330. The lowest BCUT2D eigenvalue weighted by Gasteiger charge is -1.97. The van der Waals surface area contributed by atoms with E-state index in [1.807, 2.05) is 0 Å². The molecule has 8 heavy (non-hydrogen) atoms. The summed E-state index contributed by atoms with van der Waals surface area (Å²) < 4.78 is 4.43. The van der Waals surface area contributed by atoms with Crippen LogP contribution < -0.4 is 0 Å². The van der Waals surface area contributed by atoms with Crippen molar-refractivity contribution in [3.8, 4) is 0 Å². The number of hydrogen-bond acceptors (Lipinski definition) is 2. The average Bonchev–Trinajstić information content (AvgIpc) is 1.67. The van der Waals surface area contributed by atoms with E-state index in [0.717, 1.165) is 0 Å². The Labute approximate surface area is 58.4 Å². The van der Waals surface area contributed by atoms with E-state index < -0.39 is 12.3 Å². The fourth-order valence-corrected chi connectivity index (χ4v) is 0.692. The quantitative estimate of drug-likeness (QED) is 0.603. The van der Waals surface area contributed by atoms with Crippen LogP contribution >= 0.6 is 29.1 Å². The Hall–Kier alpha value is 0.480. The Balaban J connectivity index is 3.33. The number of carbonyl (C=O) groups excluding carboxylic acids is 1. The first-order valence-electron chi connectivity index (χ1n) is 1.97. The maximum Gasteiger partial charge on any atom is 0.357 e. The van der Waals surface area contributed by atoms with Gasteiger partial charge in [-0.15, -0.1) is 0 Å². The van der Waals surface area contributed by atoms with Crippen molar-refractivity contribution < 1.29 is 9.53 Å². The lowest BCUT2D eigenvalue weighted by atomic mass is 10.9. The zero-order valence-electron chi connectivity index (χ0n) is 4.23. The van der Waals surface area contributed by atoms with Crippen molar-refractivity contribution in [1.29, 1.82) is 0 Å². The van der Waals surface area contributed by atoms with Crippen molar-refractivity contribution in [1.82, 2.24) is 0 Å². The lowest BCUT2D eigenvalue weighted by molar-refractivity contribution is 0.181. The van der Waals surface area contributed by atoms with Crippen molar-refractivity contribution in [2.24, 2.45) is 0 Å². The van der Waals surface area contributed by atoms with E-state index in [2.05, 4.69) is 4.74 Å². The Morgan fingerprint density at radius 2 is 2.25 bits per heavy atom. The molecule has 0 rings (SSSR count). The summed E-state index contributed by atoms with van der Waals surface area (Å²) in [7, 11) is 0. The van der Waals surface area contributed by atoms with Gasteiger partial charge in [-0.05, 0) is 6.92 Å². The molecule has 0 aromatic rings. The van der Waals surface area contributed by atoms with Crippen LogP contribution in [0.5, 0.6) is 0 Å². The molecule has 0 atom stereocenters. The van der Waals surface area contributed by atoms with Gasteiger partial charge in [-0.1, -0.05) is 22.5 Å². The van der Waals surface area contributed by atoms with E-state index in [0.29, 0.717) is 6.61 Å². The third kappa shape index (κ3) is 3.48. The Morgan fingerprint density at radius 1 is 1.75 bits per heavy atom. The van der Waals surface area contributed by atoms with Gasteiger partial charge in [0.2, 0.25) is 0 Å². The third-order valence-corrected chi connectivity index (χ3v) is 1.64. The lowest BCUT2D eigenvalue weighted by Crippen LogP contribution is -1.93. The van der Waals surface area contributed by atoms with Gasteiger partial charge in [-0.3, -0.25) is 0 Å². The molecular weight excluding hydrogens is 170 g/mol. The molecule has 0 unspecified atom stereocenters. The molecule has 0 heterocycles. The van der Waals surface area contributed by atoms with Gasteiger partial charge in [0.1, 0.15) is 0 Å². The van der Waals surface area contributed by atoms with Gasteiger partial charge >= 0.3 is 5.71 Å². The monoisotopic (exact) mass is 174 g/mol. The van der Waals surface area contributed by atoms with E-state index in [9.17, 15) is 4.79 Å². The van der Waals surface area contributed by atoms with Crippen molar-refractivity contribution >= 4 is 34.8 Å². The SMILES string of the molecule is CCOC(=O)P(Cl)Cl. The van der Waals surface area contributed by atoms with Crippen LogP contribution in [0.1, 0.15) is 6.92 Å². The van der Waals surface area contributed by atoms with Crippen LogP contribution in [0.25, 0.3) is 0 Å². The molecular formula is C3H5Cl2O2P. The highest BCUT2D eigenvalue weighted by Gasteiger charge is 2.11. The van der Waals surface area contributed by atoms with E-state index in [1.54, 1.807) is 6.92 Å². The first kappa shape index (κ1) is 8.48. The number of hydrogen-bond donors (Lipinski definition) is 0. The number of rotatable bonds is 2. The maximum atomic E-state index is 10.3. The van der Waals surface area contributed by atoms with E-state index in [-0.39, 0.29) is 0 Å². The molecule has 0 bridgehead atoms. The van der Waals surface area contributed by atoms with Crippen LogP contribution in [0.4, 0.5) is 4.79 Å². The van der Waals surface area contributed by atoms with Gasteiger partial charge in [-0.25, -0.2) is 4.79 Å². The molecule has 0 spiro atoms. The summed E-state index contributed by atoms with van der Waals surface area (Å²) in [5.41, 5.74) is -0.522. The average molecular weight is 175 g/mol. The highest BCUT2D eigenvalue weighted by atomic mass is 35.9. The number of ether oxygens (including phenoxy) is 1. The van der Waals surface area contributed by atoms with E-state index in [4.69, 9.17) is 22.5 Å². The van der Waals surface area contributed by atoms with Gasteiger partial charge in [-0.2, -0.15) is 0 Å². The summed E-state index contributed by atoms with van der Waals surface area (Å²) in [5.74, 6) is 0. The van der Waals surface area contributed by atoms with Gasteiger partial charge in [0.15, 0.2) is 6.63 Å². The maximum absolute atomic E-state index is 10.3. The van der Waals surface area contributed by atoms with Gasteiger partial charge in [0.25, 0.3) is 0 Å². The van der Waals surface area contributed by atoms with Crippen LogP contribution in [0.15, 0.2) is 0 Å². The van der Waals surface area contributed by atoms with Gasteiger partial charge < -0.3 is 4.74 Å². The molecule has 48 valence electrons. The molecule has 0 amide bonds.